The highest BCUT2D eigenvalue weighted by atomic mass is 16.2. The van der Waals surface area contributed by atoms with Crippen molar-refractivity contribution in [2.75, 3.05) is 0 Å². The van der Waals surface area contributed by atoms with Gasteiger partial charge in [-0.1, -0.05) is 19.4 Å². The van der Waals surface area contributed by atoms with E-state index in [1.54, 1.807) is 0 Å². The largest absolute Gasteiger partial charge is 0.333 e. The van der Waals surface area contributed by atoms with Gasteiger partial charge in [-0.3, -0.25) is 14.5 Å². The topological polar surface area (TPSA) is 66.5 Å². The van der Waals surface area contributed by atoms with Crippen molar-refractivity contribution in [2.45, 2.75) is 118 Å². The number of allylic oxidation sites excluding steroid dienone is 1. The maximum atomic E-state index is 14.1. The normalized spacial score (nSPS) is 37.8. The number of nitrogens with one attached hydrogen (secondary N) is 1. The van der Waals surface area contributed by atoms with Crippen molar-refractivity contribution in [3.05, 3.63) is 11.6 Å². The number of imide groups is 1. The minimum absolute atomic E-state index is 0.00330. The van der Waals surface area contributed by atoms with Crippen molar-refractivity contribution >= 4 is 17.7 Å². The van der Waals surface area contributed by atoms with Crippen LogP contribution in [0.4, 0.5) is 4.79 Å². The molecular formula is C29H46N2O3. The van der Waals surface area contributed by atoms with Crippen LogP contribution in [-0.4, -0.2) is 33.7 Å². The fourth-order valence-electron chi connectivity index (χ4n) is 8.23. The van der Waals surface area contributed by atoms with Crippen molar-refractivity contribution in [2.24, 2.45) is 34.5 Å². The quantitative estimate of drug-likeness (QED) is 0.491. The van der Waals surface area contributed by atoms with Crippen LogP contribution in [0.2, 0.25) is 0 Å². The lowest BCUT2D eigenvalue weighted by atomic mass is 9.47. The third-order valence-electron chi connectivity index (χ3n) is 9.84. The summed E-state index contributed by atoms with van der Waals surface area (Å²) in [5.41, 5.74) is 0.489. The molecular weight excluding hydrogens is 424 g/mol. The van der Waals surface area contributed by atoms with Crippen LogP contribution < -0.4 is 5.32 Å². The Hall–Kier alpha value is -1.65. The van der Waals surface area contributed by atoms with Gasteiger partial charge in [0.15, 0.2) is 5.78 Å². The SMILES string of the molecule is CC(C)(C)NC(=O)N(C(=O)C1CCC2C3CCC4=CC(=O)CC[C@]4(C)C3CC[C@]12C)C(C)(C)C. The lowest BCUT2D eigenvalue weighted by molar-refractivity contribution is -0.143. The Morgan fingerprint density at radius 3 is 2.24 bits per heavy atom. The highest BCUT2D eigenvalue weighted by Gasteiger charge is 2.61. The second-order valence-corrected chi connectivity index (χ2v) is 14.2. The number of hydrogen-bond acceptors (Lipinski definition) is 3. The van der Waals surface area contributed by atoms with Gasteiger partial charge in [0.1, 0.15) is 0 Å². The molecule has 0 saturated heterocycles. The van der Waals surface area contributed by atoms with Gasteiger partial charge in [-0.05, 0) is 121 Å². The Labute approximate surface area is 206 Å². The summed E-state index contributed by atoms with van der Waals surface area (Å²) in [6.45, 7) is 16.5. The summed E-state index contributed by atoms with van der Waals surface area (Å²) in [6.07, 6.45) is 9.87. The molecule has 4 aliphatic rings. The van der Waals surface area contributed by atoms with Crippen LogP contribution in [0.3, 0.4) is 0 Å². The van der Waals surface area contributed by atoms with E-state index in [0.717, 1.165) is 44.9 Å². The standard InChI is InChI=1S/C29H46N2O3/c1-26(2,3)30-25(34)31(27(4,5)6)24(33)23-12-11-21-20-10-9-18-17-19(32)13-15-28(18,7)22(20)14-16-29(21,23)8/h17,20-23H,9-16H2,1-8H3,(H,30,34)/t20?,21?,22?,23?,28-,29-/m0/s1. The summed E-state index contributed by atoms with van der Waals surface area (Å²) in [5.74, 6) is 1.93. The zero-order valence-corrected chi connectivity index (χ0v) is 22.7. The van der Waals surface area contributed by atoms with Gasteiger partial charge in [0.05, 0.1) is 0 Å². The molecule has 6 atom stereocenters. The number of urea groups is 1. The van der Waals surface area contributed by atoms with Crippen molar-refractivity contribution < 1.29 is 14.4 Å². The van der Waals surface area contributed by atoms with E-state index >= 15 is 0 Å². The first kappa shape index (κ1) is 25.4. The molecule has 0 aromatic rings. The average Bonchev–Trinajstić information content (AvgIpc) is 3.03. The Morgan fingerprint density at radius 1 is 0.941 bits per heavy atom. The Balaban J connectivity index is 1.60. The number of ketones is 1. The fraction of sp³-hybridized carbons (Fsp3) is 0.828. The van der Waals surface area contributed by atoms with Crippen molar-refractivity contribution in [1.82, 2.24) is 10.2 Å². The van der Waals surface area contributed by atoms with Gasteiger partial charge >= 0.3 is 6.03 Å². The van der Waals surface area contributed by atoms with Gasteiger partial charge in [0.25, 0.3) is 0 Å². The fourth-order valence-corrected chi connectivity index (χ4v) is 8.23. The average molecular weight is 471 g/mol. The predicted molar refractivity (Wildman–Crippen MR) is 135 cm³/mol. The third kappa shape index (κ3) is 4.15. The zero-order valence-electron chi connectivity index (χ0n) is 22.7. The number of rotatable bonds is 1. The molecule has 190 valence electrons. The second kappa shape index (κ2) is 8.20. The Kier molecular flexibility index (Phi) is 6.13. The van der Waals surface area contributed by atoms with E-state index in [1.807, 2.05) is 47.6 Å². The maximum Gasteiger partial charge on any atom is 0.324 e. The summed E-state index contributed by atoms with van der Waals surface area (Å²) >= 11 is 0. The van der Waals surface area contributed by atoms with Crippen LogP contribution in [0.5, 0.6) is 0 Å². The summed E-state index contributed by atoms with van der Waals surface area (Å²) in [4.78, 5) is 41.0. The van der Waals surface area contributed by atoms with Gasteiger partial charge in [0.2, 0.25) is 5.91 Å². The molecule has 0 bridgehead atoms. The molecule has 0 aromatic heterocycles. The minimum Gasteiger partial charge on any atom is -0.333 e. The molecule has 3 saturated carbocycles. The van der Waals surface area contributed by atoms with Crippen LogP contribution in [-0.2, 0) is 9.59 Å². The molecule has 4 aliphatic carbocycles. The summed E-state index contributed by atoms with van der Waals surface area (Å²) in [5, 5.41) is 3.03. The number of carbonyl (C=O) groups excluding carboxylic acids is 3. The monoisotopic (exact) mass is 470 g/mol. The van der Waals surface area contributed by atoms with Gasteiger partial charge in [-0.25, -0.2) is 4.79 Å². The molecule has 0 aliphatic heterocycles. The van der Waals surface area contributed by atoms with Gasteiger partial charge in [-0.15, -0.1) is 0 Å². The number of amides is 3. The first-order chi connectivity index (χ1) is 15.6. The first-order valence-electron chi connectivity index (χ1n) is 13.5. The highest BCUT2D eigenvalue weighted by molar-refractivity contribution is 5.97. The van der Waals surface area contributed by atoms with Crippen LogP contribution >= 0.6 is 0 Å². The van der Waals surface area contributed by atoms with Crippen LogP contribution in [0.15, 0.2) is 11.6 Å². The molecule has 1 N–H and O–H groups in total. The summed E-state index contributed by atoms with van der Waals surface area (Å²) < 4.78 is 0. The van der Waals surface area contributed by atoms with E-state index in [1.165, 1.54) is 10.5 Å². The number of carbonyl (C=O) groups is 3. The van der Waals surface area contributed by atoms with E-state index in [0.29, 0.717) is 30.0 Å². The van der Waals surface area contributed by atoms with E-state index < -0.39 is 11.1 Å². The van der Waals surface area contributed by atoms with Gasteiger partial charge in [0, 0.05) is 23.4 Å². The van der Waals surface area contributed by atoms with Gasteiger partial charge in [-0.2, -0.15) is 0 Å². The molecule has 3 amide bonds. The Morgan fingerprint density at radius 2 is 1.62 bits per heavy atom. The Bertz CT molecular complexity index is 907. The molecule has 5 heteroatoms. The predicted octanol–water partition coefficient (Wildman–Crippen LogP) is 6.27. The van der Waals surface area contributed by atoms with Crippen LogP contribution in [0.25, 0.3) is 0 Å². The molecule has 4 unspecified atom stereocenters. The maximum absolute atomic E-state index is 14.1. The third-order valence-corrected chi connectivity index (χ3v) is 9.84. The van der Waals surface area contributed by atoms with Crippen molar-refractivity contribution in [3.63, 3.8) is 0 Å². The summed E-state index contributed by atoms with van der Waals surface area (Å²) in [7, 11) is 0. The molecule has 4 rings (SSSR count). The van der Waals surface area contributed by atoms with Gasteiger partial charge < -0.3 is 5.32 Å². The smallest absolute Gasteiger partial charge is 0.324 e. The van der Waals surface area contributed by atoms with Crippen LogP contribution in [0, 0.1) is 34.5 Å². The molecule has 5 nitrogen and oxygen atoms in total. The zero-order chi connectivity index (χ0) is 25.3. The second-order valence-electron chi connectivity index (χ2n) is 14.2. The molecule has 3 fully saturated rings. The summed E-state index contributed by atoms with van der Waals surface area (Å²) in [6, 6.07) is -0.280. The lowest BCUT2D eigenvalue weighted by Gasteiger charge is -2.58. The molecule has 0 aromatic carbocycles. The molecule has 0 radical (unpaired) electrons. The lowest BCUT2D eigenvalue weighted by Crippen LogP contribution is -2.60. The molecule has 0 spiro atoms. The highest BCUT2D eigenvalue weighted by Crippen LogP contribution is 2.66. The van der Waals surface area contributed by atoms with Crippen molar-refractivity contribution in [3.8, 4) is 0 Å². The van der Waals surface area contributed by atoms with Crippen molar-refractivity contribution in [1.29, 1.82) is 0 Å². The number of fused-ring (bicyclic) bond motifs is 5. The number of nitrogens with zero attached hydrogens (tertiary/aromatic N) is 1. The number of hydrogen-bond donors (Lipinski definition) is 1. The minimum atomic E-state index is -0.579. The van der Waals surface area contributed by atoms with E-state index in [9.17, 15) is 14.4 Å². The van der Waals surface area contributed by atoms with Crippen LogP contribution in [0.1, 0.15) is 107 Å². The van der Waals surface area contributed by atoms with E-state index in [4.69, 9.17) is 0 Å². The first-order valence-corrected chi connectivity index (χ1v) is 13.5. The van der Waals surface area contributed by atoms with E-state index in [-0.39, 0.29) is 28.7 Å². The molecule has 0 heterocycles. The van der Waals surface area contributed by atoms with E-state index in [2.05, 4.69) is 19.2 Å². The molecule has 34 heavy (non-hydrogen) atoms.